The molecule has 3 N–H and O–H groups in total. The van der Waals surface area contributed by atoms with E-state index in [1.165, 1.54) is 12.8 Å². The lowest BCUT2D eigenvalue weighted by Gasteiger charge is -2.33. The fraction of sp³-hybridized carbons (Fsp3) is 0.900. The van der Waals surface area contributed by atoms with E-state index in [0.717, 1.165) is 13.1 Å². The highest BCUT2D eigenvalue weighted by atomic mass is 16.2. The van der Waals surface area contributed by atoms with Crippen LogP contribution in [0.1, 0.15) is 33.6 Å². The number of rotatable bonds is 3. The van der Waals surface area contributed by atoms with Gasteiger partial charge >= 0.3 is 0 Å². The van der Waals surface area contributed by atoms with Crippen LogP contribution in [-0.4, -0.2) is 29.4 Å². The second kappa shape index (κ2) is 4.28. The third-order valence-corrected chi connectivity index (χ3v) is 3.16. The van der Waals surface area contributed by atoms with Gasteiger partial charge in [0, 0.05) is 18.0 Å². The Morgan fingerprint density at radius 2 is 2.29 bits per heavy atom. The summed E-state index contributed by atoms with van der Waals surface area (Å²) in [6, 6.07) is 0. The number of nitrogens with one attached hydrogen (secondary N) is 1. The average molecular weight is 199 g/mol. The molecule has 1 unspecified atom stereocenters. The Labute approximate surface area is 85.8 Å². The van der Waals surface area contributed by atoms with Gasteiger partial charge in [-0.05, 0) is 33.2 Å². The summed E-state index contributed by atoms with van der Waals surface area (Å²) in [6.45, 7) is 8.27. The molecule has 0 bridgehead atoms. The van der Waals surface area contributed by atoms with Gasteiger partial charge in [0.1, 0.15) is 0 Å². The van der Waals surface area contributed by atoms with E-state index in [-0.39, 0.29) is 17.4 Å². The molecule has 14 heavy (non-hydrogen) atoms. The zero-order chi connectivity index (χ0) is 10.8. The van der Waals surface area contributed by atoms with Crippen molar-refractivity contribution in [3.05, 3.63) is 0 Å². The number of likely N-dealkylation sites (tertiary alicyclic amines) is 1. The van der Waals surface area contributed by atoms with Gasteiger partial charge in [0.25, 0.3) is 0 Å². The van der Waals surface area contributed by atoms with E-state index < -0.39 is 0 Å². The summed E-state index contributed by atoms with van der Waals surface area (Å²) in [4.78, 5) is 13.6. The molecule has 0 saturated carbocycles. The van der Waals surface area contributed by atoms with Crippen LogP contribution in [-0.2, 0) is 4.79 Å². The van der Waals surface area contributed by atoms with Crippen molar-refractivity contribution < 1.29 is 4.79 Å². The topological polar surface area (TPSA) is 58.4 Å². The quantitative estimate of drug-likeness (QED) is 0.395. The average Bonchev–Trinajstić information content (AvgIpc) is 2.44. The van der Waals surface area contributed by atoms with Crippen molar-refractivity contribution in [1.82, 2.24) is 10.3 Å². The maximum Gasteiger partial charge on any atom is 0.237 e. The minimum Gasteiger partial charge on any atom is -0.297 e. The number of nitrogens with two attached hydrogens (primary N) is 1. The lowest BCUT2D eigenvalue weighted by Crippen LogP contribution is -2.45. The third kappa shape index (κ3) is 2.45. The van der Waals surface area contributed by atoms with E-state index in [0.29, 0.717) is 0 Å². The van der Waals surface area contributed by atoms with Gasteiger partial charge in [0.15, 0.2) is 0 Å². The van der Waals surface area contributed by atoms with Crippen LogP contribution in [0.3, 0.4) is 0 Å². The summed E-state index contributed by atoms with van der Waals surface area (Å²) in [5.41, 5.74) is 2.44. The Morgan fingerprint density at radius 1 is 1.64 bits per heavy atom. The summed E-state index contributed by atoms with van der Waals surface area (Å²) >= 11 is 0. The molecule has 1 rings (SSSR count). The van der Waals surface area contributed by atoms with E-state index >= 15 is 0 Å². The van der Waals surface area contributed by atoms with Gasteiger partial charge in [-0.3, -0.25) is 15.1 Å². The van der Waals surface area contributed by atoms with Crippen molar-refractivity contribution in [3.8, 4) is 0 Å². The molecule has 1 aliphatic heterocycles. The normalized spacial score (nSPS) is 23.4. The molecule has 0 aromatic rings. The smallest absolute Gasteiger partial charge is 0.237 e. The van der Waals surface area contributed by atoms with E-state index in [1.54, 1.807) is 0 Å². The number of hydrazine groups is 1. The van der Waals surface area contributed by atoms with Crippen LogP contribution in [0.2, 0.25) is 0 Å². The lowest BCUT2D eigenvalue weighted by atomic mass is 10.0. The molecule has 0 aromatic carbocycles. The Balaban J connectivity index is 2.48. The number of amides is 1. The molecule has 0 radical (unpaired) electrons. The zero-order valence-electron chi connectivity index (χ0n) is 9.34. The van der Waals surface area contributed by atoms with Gasteiger partial charge < -0.3 is 0 Å². The van der Waals surface area contributed by atoms with Crippen LogP contribution in [0.5, 0.6) is 0 Å². The fourth-order valence-corrected chi connectivity index (χ4v) is 2.06. The maximum absolute atomic E-state index is 11.2. The second-order valence-electron chi connectivity index (χ2n) is 4.77. The molecular weight excluding hydrogens is 178 g/mol. The molecular formula is C10H21N3O. The Hall–Kier alpha value is -0.610. The van der Waals surface area contributed by atoms with Gasteiger partial charge in [0.2, 0.25) is 5.91 Å². The Bertz CT molecular complexity index is 215. The van der Waals surface area contributed by atoms with Crippen molar-refractivity contribution in [2.75, 3.05) is 13.1 Å². The second-order valence-corrected chi connectivity index (χ2v) is 4.77. The van der Waals surface area contributed by atoms with Crippen molar-refractivity contribution >= 4 is 5.91 Å². The molecule has 0 spiro atoms. The fourth-order valence-electron chi connectivity index (χ4n) is 2.06. The summed E-state index contributed by atoms with van der Waals surface area (Å²) in [7, 11) is 0. The lowest BCUT2D eigenvalue weighted by molar-refractivity contribution is -0.125. The minimum atomic E-state index is -0.0762. The predicted octanol–water partition coefficient (Wildman–Crippen LogP) is 0.487. The van der Waals surface area contributed by atoms with E-state index in [4.69, 9.17) is 5.84 Å². The Morgan fingerprint density at radius 3 is 2.71 bits per heavy atom. The summed E-state index contributed by atoms with van der Waals surface area (Å²) in [5.74, 6) is 4.99. The van der Waals surface area contributed by atoms with Crippen molar-refractivity contribution in [2.24, 2.45) is 11.8 Å². The SMILES string of the molecule is CC(CN1CCCC1(C)C)C(=O)NN. The first-order valence-corrected chi connectivity index (χ1v) is 5.23. The van der Waals surface area contributed by atoms with Crippen molar-refractivity contribution in [2.45, 2.75) is 39.2 Å². The number of carbonyl (C=O) groups excluding carboxylic acids is 1. The van der Waals surface area contributed by atoms with Gasteiger partial charge in [-0.15, -0.1) is 0 Å². The van der Waals surface area contributed by atoms with Crippen LogP contribution in [0.4, 0.5) is 0 Å². The highest BCUT2D eigenvalue weighted by molar-refractivity contribution is 5.77. The van der Waals surface area contributed by atoms with Gasteiger partial charge in [-0.25, -0.2) is 5.84 Å². The maximum atomic E-state index is 11.2. The van der Waals surface area contributed by atoms with E-state index in [1.807, 2.05) is 6.92 Å². The number of carbonyl (C=O) groups is 1. The molecule has 1 fully saturated rings. The molecule has 1 saturated heterocycles. The first-order chi connectivity index (χ1) is 6.47. The summed E-state index contributed by atoms with van der Waals surface area (Å²) in [6.07, 6.45) is 2.44. The number of nitrogens with zero attached hydrogens (tertiary/aromatic N) is 1. The molecule has 82 valence electrons. The highest BCUT2D eigenvalue weighted by Gasteiger charge is 2.33. The first-order valence-electron chi connectivity index (χ1n) is 5.23. The summed E-state index contributed by atoms with van der Waals surface area (Å²) in [5, 5.41) is 0. The van der Waals surface area contributed by atoms with Crippen LogP contribution < -0.4 is 11.3 Å². The van der Waals surface area contributed by atoms with Gasteiger partial charge in [-0.1, -0.05) is 6.92 Å². The molecule has 4 heteroatoms. The minimum absolute atomic E-state index is 0.0302. The Kier molecular flexibility index (Phi) is 3.50. The highest BCUT2D eigenvalue weighted by Crippen LogP contribution is 2.28. The largest absolute Gasteiger partial charge is 0.297 e. The molecule has 1 aliphatic rings. The van der Waals surface area contributed by atoms with E-state index in [9.17, 15) is 4.79 Å². The number of hydrogen-bond donors (Lipinski definition) is 2. The predicted molar refractivity (Wildman–Crippen MR) is 56.4 cm³/mol. The summed E-state index contributed by atoms with van der Waals surface area (Å²) < 4.78 is 0. The standard InChI is InChI=1S/C10H21N3O/c1-8(9(14)12-11)7-13-6-4-5-10(13,2)3/h8H,4-7,11H2,1-3H3,(H,12,14). The van der Waals surface area contributed by atoms with E-state index in [2.05, 4.69) is 24.2 Å². The zero-order valence-corrected chi connectivity index (χ0v) is 9.34. The molecule has 4 nitrogen and oxygen atoms in total. The third-order valence-electron chi connectivity index (χ3n) is 3.16. The van der Waals surface area contributed by atoms with Gasteiger partial charge in [-0.2, -0.15) is 0 Å². The molecule has 1 atom stereocenters. The molecule has 1 amide bonds. The monoisotopic (exact) mass is 199 g/mol. The van der Waals surface area contributed by atoms with Crippen LogP contribution >= 0.6 is 0 Å². The van der Waals surface area contributed by atoms with Crippen molar-refractivity contribution in [3.63, 3.8) is 0 Å². The van der Waals surface area contributed by atoms with Crippen LogP contribution in [0, 0.1) is 5.92 Å². The van der Waals surface area contributed by atoms with Crippen molar-refractivity contribution in [1.29, 1.82) is 0 Å². The molecule has 1 heterocycles. The van der Waals surface area contributed by atoms with Crippen LogP contribution in [0.25, 0.3) is 0 Å². The first kappa shape index (κ1) is 11.5. The molecule has 0 aromatic heterocycles. The number of hydrogen-bond acceptors (Lipinski definition) is 3. The van der Waals surface area contributed by atoms with Crippen LogP contribution in [0.15, 0.2) is 0 Å². The van der Waals surface area contributed by atoms with Gasteiger partial charge in [0.05, 0.1) is 0 Å². The molecule has 0 aliphatic carbocycles.